The first-order chi connectivity index (χ1) is 13.8. The Labute approximate surface area is 162 Å². The van der Waals surface area contributed by atoms with Gasteiger partial charge in [-0.3, -0.25) is 9.48 Å². The summed E-state index contributed by atoms with van der Waals surface area (Å²) in [5.74, 6) is 0.0733. The van der Waals surface area contributed by atoms with Crippen molar-refractivity contribution in [1.29, 1.82) is 0 Å². The number of rotatable bonds is 3. The van der Waals surface area contributed by atoms with E-state index in [-0.39, 0.29) is 30.4 Å². The van der Waals surface area contributed by atoms with E-state index in [1.54, 1.807) is 24.1 Å². The molecule has 3 heterocycles. The van der Waals surface area contributed by atoms with Crippen LogP contribution in [0.5, 0.6) is 0 Å². The van der Waals surface area contributed by atoms with Crippen LogP contribution in [0.3, 0.4) is 0 Å². The van der Waals surface area contributed by atoms with E-state index in [2.05, 4.69) is 15.2 Å². The summed E-state index contributed by atoms with van der Waals surface area (Å²) < 4.78 is 50.6. The van der Waals surface area contributed by atoms with Crippen molar-refractivity contribution in [2.24, 2.45) is 7.05 Å². The van der Waals surface area contributed by atoms with Gasteiger partial charge in [-0.25, -0.2) is 0 Å². The van der Waals surface area contributed by atoms with Crippen LogP contribution < -0.4 is 0 Å². The SMILES string of the molecule is Cn1cc(-c2nc(C3COCCN3C(=O)c3ccc(C(F)(F)F)cc3)no2)cn1. The zero-order valence-electron chi connectivity index (χ0n) is 15.3. The summed E-state index contributed by atoms with van der Waals surface area (Å²) in [6, 6.07) is 3.48. The number of halogens is 3. The third kappa shape index (κ3) is 3.86. The molecule has 1 aliphatic rings. The third-order valence-electron chi connectivity index (χ3n) is 4.54. The number of morpholine rings is 1. The molecule has 2 aromatic heterocycles. The van der Waals surface area contributed by atoms with Gasteiger partial charge in [0.15, 0.2) is 5.82 Å². The minimum absolute atomic E-state index is 0.140. The molecule has 0 radical (unpaired) electrons. The number of hydrogen-bond acceptors (Lipinski definition) is 6. The predicted molar refractivity (Wildman–Crippen MR) is 92.5 cm³/mol. The van der Waals surface area contributed by atoms with E-state index < -0.39 is 23.7 Å². The highest BCUT2D eigenvalue weighted by Gasteiger charge is 2.34. The Morgan fingerprint density at radius 2 is 2.00 bits per heavy atom. The van der Waals surface area contributed by atoms with Crippen LogP contribution in [0, 0.1) is 0 Å². The molecule has 1 aromatic carbocycles. The molecule has 0 saturated carbocycles. The molecule has 4 rings (SSSR count). The maximum Gasteiger partial charge on any atom is 0.416 e. The summed E-state index contributed by atoms with van der Waals surface area (Å²) in [7, 11) is 1.75. The summed E-state index contributed by atoms with van der Waals surface area (Å²) >= 11 is 0. The summed E-state index contributed by atoms with van der Waals surface area (Å²) in [4.78, 5) is 18.7. The van der Waals surface area contributed by atoms with Crippen molar-refractivity contribution in [3.05, 3.63) is 53.6 Å². The fraction of sp³-hybridized carbons (Fsp3) is 0.333. The van der Waals surface area contributed by atoms with E-state index in [1.807, 2.05) is 0 Å². The van der Waals surface area contributed by atoms with Crippen LogP contribution in [-0.4, -0.2) is 50.5 Å². The van der Waals surface area contributed by atoms with Gasteiger partial charge in [-0.05, 0) is 24.3 Å². The maximum atomic E-state index is 12.9. The molecule has 1 fully saturated rings. The van der Waals surface area contributed by atoms with Gasteiger partial charge < -0.3 is 14.2 Å². The van der Waals surface area contributed by atoms with Gasteiger partial charge in [0.2, 0.25) is 0 Å². The molecule has 0 spiro atoms. The predicted octanol–water partition coefficient (Wildman–Crippen LogP) is 2.70. The Kier molecular flexibility index (Phi) is 4.82. The number of carbonyl (C=O) groups excluding carboxylic acids is 1. The van der Waals surface area contributed by atoms with Crippen molar-refractivity contribution in [2.45, 2.75) is 12.2 Å². The molecular formula is C18H16F3N5O3. The minimum atomic E-state index is -4.46. The molecular weight excluding hydrogens is 391 g/mol. The van der Waals surface area contributed by atoms with Gasteiger partial charge in [0.25, 0.3) is 11.8 Å². The first-order valence-electron chi connectivity index (χ1n) is 8.71. The van der Waals surface area contributed by atoms with E-state index in [0.29, 0.717) is 12.2 Å². The topological polar surface area (TPSA) is 86.3 Å². The molecule has 0 N–H and O–H groups in total. The molecule has 1 saturated heterocycles. The Balaban J connectivity index is 1.57. The van der Waals surface area contributed by atoms with Crippen LogP contribution >= 0.6 is 0 Å². The van der Waals surface area contributed by atoms with Gasteiger partial charge in [0.1, 0.15) is 6.04 Å². The zero-order chi connectivity index (χ0) is 20.6. The second-order valence-electron chi connectivity index (χ2n) is 6.52. The Hall–Kier alpha value is -3.21. The van der Waals surface area contributed by atoms with Crippen LogP contribution in [0.25, 0.3) is 11.5 Å². The van der Waals surface area contributed by atoms with Gasteiger partial charge in [-0.15, -0.1) is 0 Å². The van der Waals surface area contributed by atoms with Crippen molar-refractivity contribution in [3.8, 4) is 11.5 Å². The van der Waals surface area contributed by atoms with Gasteiger partial charge >= 0.3 is 6.18 Å². The van der Waals surface area contributed by atoms with Crippen LogP contribution in [0.1, 0.15) is 27.8 Å². The van der Waals surface area contributed by atoms with Gasteiger partial charge in [0, 0.05) is 25.4 Å². The molecule has 1 amide bonds. The maximum absolute atomic E-state index is 12.9. The molecule has 152 valence electrons. The van der Waals surface area contributed by atoms with Crippen molar-refractivity contribution < 1.29 is 27.2 Å². The van der Waals surface area contributed by atoms with E-state index in [0.717, 1.165) is 24.3 Å². The van der Waals surface area contributed by atoms with E-state index in [1.165, 1.54) is 4.90 Å². The lowest BCUT2D eigenvalue weighted by molar-refractivity contribution is -0.137. The Morgan fingerprint density at radius 1 is 1.24 bits per heavy atom. The zero-order valence-corrected chi connectivity index (χ0v) is 15.3. The van der Waals surface area contributed by atoms with Crippen molar-refractivity contribution in [2.75, 3.05) is 19.8 Å². The Bertz CT molecular complexity index is 1010. The molecule has 8 nitrogen and oxygen atoms in total. The average Bonchev–Trinajstić information content (AvgIpc) is 3.36. The molecule has 1 aliphatic heterocycles. The molecule has 29 heavy (non-hydrogen) atoms. The number of alkyl halides is 3. The van der Waals surface area contributed by atoms with Gasteiger partial charge in [0.05, 0.1) is 30.5 Å². The molecule has 0 bridgehead atoms. The smallest absolute Gasteiger partial charge is 0.377 e. The van der Waals surface area contributed by atoms with Gasteiger partial charge in [-0.2, -0.15) is 23.3 Å². The number of hydrogen-bond donors (Lipinski definition) is 0. The monoisotopic (exact) mass is 407 g/mol. The average molecular weight is 407 g/mol. The highest BCUT2D eigenvalue weighted by molar-refractivity contribution is 5.94. The van der Waals surface area contributed by atoms with Crippen LogP contribution in [-0.2, 0) is 18.0 Å². The lowest BCUT2D eigenvalue weighted by Gasteiger charge is -2.33. The molecule has 0 aliphatic carbocycles. The second-order valence-corrected chi connectivity index (χ2v) is 6.52. The van der Waals surface area contributed by atoms with Crippen LogP contribution in [0.2, 0.25) is 0 Å². The summed E-state index contributed by atoms with van der Waals surface area (Å²) in [6.07, 6.45) is -1.18. The quantitative estimate of drug-likeness (QED) is 0.664. The number of benzene rings is 1. The van der Waals surface area contributed by atoms with Crippen molar-refractivity contribution in [3.63, 3.8) is 0 Å². The number of aryl methyl sites for hydroxylation is 1. The second kappa shape index (κ2) is 7.32. The first-order valence-corrected chi connectivity index (χ1v) is 8.71. The first kappa shape index (κ1) is 19.1. The highest BCUT2D eigenvalue weighted by Crippen LogP contribution is 2.30. The number of nitrogens with zero attached hydrogens (tertiary/aromatic N) is 5. The molecule has 1 atom stereocenters. The largest absolute Gasteiger partial charge is 0.416 e. The normalized spacial score (nSPS) is 17.5. The van der Waals surface area contributed by atoms with E-state index in [9.17, 15) is 18.0 Å². The lowest BCUT2D eigenvalue weighted by Crippen LogP contribution is -2.43. The standard InChI is InChI=1S/C18H16F3N5O3/c1-25-9-12(8-22-25)16-23-15(24-29-16)14-10-28-7-6-26(14)17(27)11-2-4-13(5-3-11)18(19,20)21/h2-5,8-9,14H,6-7,10H2,1H3. The summed E-state index contributed by atoms with van der Waals surface area (Å²) in [5, 5.41) is 7.99. The number of amides is 1. The molecule has 11 heteroatoms. The van der Waals surface area contributed by atoms with Crippen molar-refractivity contribution in [1.82, 2.24) is 24.8 Å². The summed E-state index contributed by atoms with van der Waals surface area (Å²) in [5.41, 5.74) is -0.0451. The van der Waals surface area contributed by atoms with Crippen LogP contribution in [0.4, 0.5) is 13.2 Å². The van der Waals surface area contributed by atoms with Gasteiger partial charge in [-0.1, -0.05) is 5.16 Å². The van der Waals surface area contributed by atoms with Crippen molar-refractivity contribution >= 4 is 5.91 Å². The highest BCUT2D eigenvalue weighted by atomic mass is 19.4. The number of ether oxygens (including phenoxy) is 1. The molecule has 1 unspecified atom stereocenters. The number of carbonyl (C=O) groups is 1. The fourth-order valence-corrected chi connectivity index (χ4v) is 3.05. The Morgan fingerprint density at radius 3 is 2.66 bits per heavy atom. The fourth-order valence-electron chi connectivity index (χ4n) is 3.05. The van der Waals surface area contributed by atoms with Crippen LogP contribution in [0.15, 0.2) is 41.2 Å². The molecule has 3 aromatic rings. The van der Waals surface area contributed by atoms with E-state index >= 15 is 0 Å². The lowest BCUT2D eigenvalue weighted by atomic mass is 10.1. The number of aromatic nitrogens is 4. The summed E-state index contributed by atoms with van der Waals surface area (Å²) in [6.45, 7) is 0.704. The van der Waals surface area contributed by atoms with E-state index in [4.69, 9.17) is 9.26 Å². The minimum Gasteiger partial charge on any atom is -0.377 e. The third-order valence-corrected chi connectivity index (χ3v) is 4.54.